The summed E-state index contributed by atoms with van der Waals surface area (Å²) in [6, 6.07) is 3.99. The molecule has 12 heteroatoms. The normalized spacial score (nSPS) is 30.3. The van der Waals surface area contributed by atoms with Gasteiger partial charge in [-0.15, -0.1) is 0 Å². The number of nitrogens with zero attached hydrogens (tertiary/aromatic N) is 3. The van der Waals surface area contributed by atoms with Crippen LogP contribution in [0.5, 0.6) is 0 Å². The predicted molar refractivity (Wildman–Crippen MR) is 162 cm³/mol. The molecular formula is C33H48F3N3O6. The minimum Gasteiger partial charge on any atom is -0.481 e. The molecule has 1 N–H and O–H groups in total. The first-order valence-electron chi connectivity index (χ1n) is 16.4. The molecule has 4 fully saturated rings. The van der Waals surface area contributed by atoms with Crippen molar-refractivity contribution in [1.82, 2.24) is 9.80 Å². The Morgan fingerprint density at radius 1 is 1.04 bits per heavy atom. The molecule has 1 aromatic rings. The van der Waals surface area contributed by atoms with Crippen LogP contribution in [0, 0.1) is 5.92 Å². The van der Waals surface area contributed by atoms with Crippen molar-refractivity contribution >= 4 is 17.6 Å². The van der Waals surface area contributed by atoms with E-state index in [-0.39, 0.29) is 17.9 Å². The number of rotatable bonds is 10. The van der Waals surface area contributed by atoms with Gasteiger partial charge in [-0.3, -0.25) is 14.5 Å². The molecule has 45 heavy (non-hydrogen) atoms. The van der Waals surface area contributed by atoms with Crippen molar-refractivity contribution in [3.63, 3.8) is 0 Å². The molecule has 3 heterocycles. The second kappa shape index (κ2) is 14.1. The Bertz CT molecular complexity index is 1180. The Kier molecular flexibility index (Phi) is 10.7. The number of amides is 1. The van der Waals surface area contributed by atoms with Crippen molar-refractivity contribution in [2.24, 2.45) is 5.92 Å². The van der Waals surface area contributed by atoms with Gasteiger partial charge in [0.05, 0.1) is 30.2 Å². The number of piperidine rings is 1. The first-order chi connectivity index (χ1) is 21.5. The molecule has 4 aliphatic rings. The lowest BCUT2D eigenvalue weighted by atomic mass is 9.91. The predicted octanol–water partition coefficient (Wildman–Crippen LogP) is 4.78. The molecular weight excluding hydrogens is 591 g/mol. The van der Waals surface area contributed by atoms with Crippen LogP contribution < -0.4 is 4.90 Å². The van der Waals surface area contributed by atoms with Crippen molar-refractivity contribution in [2.75, 3.05) is 65.1 Å². The molecule has 0 spiro atoms. The molecule has 5 rings (SSSR count). The maximum absolute atomic E-state index is 14.4. The van der Waals surface area contributed by atoms with Crippen LogP contribution in [0.25, 0.3) is 0 Å². The Morgan fingerprint density at radius 3 is 2.36 bits per heavy atom. The Balaban J connectivity index is 1.35. The number of carbonyl (C=O) groups excluding carboxylic acids is 1. The zero-order valence-corrected chi connectivity index (χ0v) is 26.7. The number of alkyl halides is 3. The van der Waals surface area contributed by atoms with E-state index in [0.717, 1.165) is 50.5 Å². The number of halogens is 3. The summed E-state index contributed by atoms with van der Waals surface area (Å²) in [6.45, 7) is 5.40. The van der Waals surface area contributed by atoms with Crippen molar-refractivity contribution in [3.05, 3.63) is 29.3 Å². The average Bonchev–Trinajstić information content (AvgIpc) is 3.66. The number of carboxylic acids is 1. The van der Waals surface area contributed by atoms with Gasteiger partial charge in [0, 0.05) is 71.2 Å². The molecule has 0 bridgehead atoms. The van der Waals surface area contributed by atoms with Crippen LogP contribution >= 0.6 is 0 Å². The molecule has 0 aromatic heterocycles. The summed E-state index contributed by atoms with van der Waals surface area (Å²) in [5, 5.41) is 9.45. The molecule has 1 aliphatic carbocycles. The molecule has 0 radical (unpaired) electrons. The zero-order chi connectivity index (χ0) is 32.4. The van der Waals surface area contributed by atoms with Gasteiger partial charge in [0.1, 0.15) is 0 Å². The highest BCUT2D eigenvalue weighted by molar-refractivity contribution is 5.87. The maximum Gasteiger partial charge on any atom is 0.416 e. The van der Waals surface area contributed by atoms with E-state index in [1.165, 1.54) is 6.07 Å². The first-order valence-corrected chi connectivity index (χ1v) is 16.4. The number of anilines is 1. The number of hydrogen-bond acceptors (Lipinski definition) is 7. The molecule has 1 aromatic carbocycles. The number of methoxy groups -OCH3 is 2. The second-order valence-electron chi connectivity index (χ2n) is 13.2. The summed E-state index contributed by atoms with van der Waals surface area (Å²) in [7, 11) is 3.19. The summed E-state index contributed by atoms with van der Waals surface area (Å²) in [6.07, 6.45) is 1.73. The Hall–Kier alpha value is -2.41. The molecule has 1 saturated carbocycles. The van der Waals surface area contributed by atoms with E-state index in [9.17, 15) is 27.9 Å². The third kappa shape index (κ3) is 7.29. The van der Waals surface area contributed by atoms with E-state index in [1.54, 1.807) is 20.3 Å². The standard InChI is InChI=1S/C33H48F3N3O6/c1-4-45-27-8-6-25(7-9-27)38-16-13-32(21-38,44-3)31(42)39-19-23(17-26(39)20-43-2)28-10-5-24(33(34,35)36)18-29(28)37-14-11-22(12-15-37)30(40)41/h5,10,18,22-23,25-27H,4,6-9,11-17,19-21H2,1-3H3,(H,40,41)/t23-,25-,26+,27-,32-/m1/s1. The lowest BCUT2D eigenvalue weighted by molar-refractivity contribution is -0.155. The highest BCUT2D eigenvalue weighted by Crippen LogP contribution is 2.43. The van der Waals surface area contributed by atoms with Crippen LogP contribution in [0.3, 0.4) is 0 Å². The molecule has 1 amide bonds. The van der Waals surface area contributed by atoms with E-state index in [0.29, 0.717) is 76.3 Å². The van der Waals surface area contributed by atoms with Gasteiger partial charge in [0.15, 0.2) is 5.60 Å². The summed E-state index contributed by atoms with van der Waals surface area (Å²) >= 11 is 0. The number of likely N-dealkylation sites (tertiary alicyclic amines) is 2. The van der Waals surface area contributed by atoms with E-state index >= 15 is 0 Å². The fourth-order valence-electron chi connectivity index (χ4n) is 8.07. The van der Waals surface area contributed by atoms with Crippen LogP contribution in [0.15, 0.2) is 18.2 Å². The van der Waals surface area contributed by atoms with Crippen LogP contribution in [0.1, 0.15) is 75.3 Å². The molecule has 3 aliphatic heterocycles. The topological polar surface area (TPSA) is 91.8 Å². The van der Waals surface area contributed by atoms with Gasteiger partial charge in [-0.25, -0.2) is 0 Å². The van der Waals surface area contributed by atoms with Gasteiger partial charge in [-0.05, 0) is 76.0 Å². The van der Waals surface area contributed by atoms with Gasteiger partial charge in [-0.1, -0.05) is 6.07 Å². The van der Waals surface area contributed by atoms with Crippen LogP contribution in [0.2, 0.25) is 0 Å². The van der Waals surface area contributed by atoms with E-state index in [1.807, 2.05) is 16.7 Å². The average molecular weight is 640 g/mol. The van der Waals surface area contributed by atoms with Crippen LogP contribution in [0.4, 0.5) is 18.9 Å². The van der Waals surface area contributed by atoms with Crippen molar-refractivity contribution in [3.8, 4) is 0 Å². The summed E-state index contributed by atoms with van der Waals surface area (Å²) in [5.74, 6) is -1.67. The molecule has 0 unspecified atom stereocenters. The quantitative estimate of drug-likeness (QED) is 0.392. The fraction of sp³-hybridized carbons (Fsp3) is 0.758. The number of hydrogen-bond donors (Lipinski definition) is 1. The Morgan fingerprint density at radius 2 is 1.76 bits per heavy atom. The summed E-state index contributed by atoms with van der Waals surface area (Å²) in [5.41, 5.74) is -0.501. The number of carbonyl (C=O) groups is 2. The smallest absolute Gasteiger partial charge is 0.416 e. The number of aliphatic carboxylic acids is 1. The zero-order valence-electron chi connectivity index (χ0n) is 26.7. The van der Waals surface area contributed by atoms with Gasteiger partial charge >= 0.3 is 12.1 Å². The highest BCUT2D eigenvalue weighted by Gasteiger charge is 2.52. The SMILES string of the molecule is CCO[C@H]1CC[C@H](N2CC[C@](OC)(C(=O)N3C[C@H](c4ccc(C(F)(F)F)cc4N4CCC(C(=O)O)CC4)C[C@H]3COC)C2)CC1. The number of benzene rings is 1. The lowest BCUT2D eigenvalue weighted by Crippen LogP contribution is -2.54. The Labute approximate surface area is 263 Å². The van der Waals surface area contributed by atoms with Gasteiger partial charge in [0.2, 0.25) is 0 Å². The highest BCUT2D eigenvalue weighted by atomic mass is 19.4. The third-order valence-electron chi connectivity index (χ3n) is 10.6. The number of ether oxygens (including phenoxy) is 3. The first kappa shape index (κ1) is 33.9. The van der Waals surface area contributed by atoms with E-state index in [2.05, 4.69) is 4.90 Å². The molecule has 3 saturated heterocycles. The van der Waals surface area contributed by atoms with Gasteiger partial charge < -0.3 is 29.1 Å². The van der Waals surface area contributed by atoms with Crippen molar-refractivity contribution < 1.29 is 42.1 Å². The van der Waals surface area contributed by atoms with Gasteiger partial charge in [-0.2, -0.15) is 13.2 Å². The second-order valence-corrected chi connectivity index (χ2v) is 13.2. The fourth-order valence-corrected chi connectivity index (χ4v) is 8.07. The van der Waals surface area contributed by atoms with E-state index < -0.39 is 29.2 Å². The summed E-state index contributed by atoms with van der Waals surface area (Å²) < 4.78 is 58.9. The van der Waals surface area contributed by atoms with Crippen molar-refractivity contribution in [1.29, 1.82) is 0 Å². The maximum atomic E-state index is 14.4. The largest absolute Gasteiger partial charge is 0.481 e. The molecule has 3 atom stereocenters. The number of carboxylic acid groups (broad SMARTS) is 1. The van der Waals surface area contributed by atoms with Crippen molar-refractivity contribution in [2.45, 2.75) is 94.2 Å². The summed E-state index contributed by atoms with van der Waals surface area (Å²) in [4.78, 5) is 32.0. The third-order valence-corrected chi connectivity index (χ3v) is 10.6. The minimum atomic E-state index is -4.51. The van der Waals surface area contributed by atoms with Crippen LogP contribution in [-0.4, -0.2) is 111 Å². The van der Waals surface area contributed by atoms with E-state index in [4.69, 9.17) is 14.2 Å². The molecule has 9 nitrogen and oxygen atoms in total. The van der Waals surface area contributed by atoms with Crippen LogP contribution in [-0.2, 0) is 30.0 Å². The molecule has 252 valence electrons. The minimum absolute atomic E-state index is 0.0872. The van der Waals surface area contributed by atoms with Gasteiger partial charge in [0.25, 0.3) is 5.91 Å². The monoisotopic (exact) mass is 639 g/mol. The lowest BCUT2D eigenvalue weighted by Gasteiger charge is -2.37.